The molecule has 0 aliphatic heterocycles. The number of aliphatic hydroxyl groups is 1. The number of aliphatic imine (C=N–C) groups is 1. The highest BCUT2D eigenvalue weighted by atomic mass is 127. The van der Waals surface area contributed by atoms with Crippen molar-refractivity contribution in [3.05, 3.63) is 21.3 Å². The Kier molecular flexibility index (Phi) is 9.80. The third-order valence-electron chi connectivity index (χ3n) is 4.05. The molecule has 0 bridgehead atoms. The fourth-order valence-electron chi connectivity index (χ4n) is 2.69. The van der Waals surface area contributed by atoms with Gasteiger partial charge in [0, 0.05) is 17.5 Å². The summed E-state index contributed by atoms with van der Waals surface area (Å²) in [7, 11) is 0. The average molecular weight is 472 g/mol. The fraction of sp³-hybridized carbons (Fsp3) is 0.688. The SMILES string of the molecule is CCNC(=NCC(O)c1ccc(Cl)s1)NC1CCC(C)CC1.I. The molecule has 3 N–H and O–H groups in total. The predicted molar refractivity (Wildman–Crippen MR) is 110 cm³/mol. The Bertz CT molecular complexity index is 489. The molecule has 1 saturated carbocycles. The highest BCUT2D eigenvalue weighted by Crippen LogP contribution is 2.27. The van der Waals surface area contributed by atoms with Crippen molar-refractivity contribution in [3.63, 3.8) is 0 Å². The lowest BCUT2D eigenvalue weighted by molar-refractivity contribution is 0.191. The van der Waals surface area contributed by atoms with Gasteiger partial charge in [-0.3, -0.25) is 4.99 Å². The summed E-state index contributed by atoms with van der Waals surface area (Å²) in [5.41, 5.74) is 0. The van der Waals surface area contributed by atoms with Gasteiger partial charge in [-0.05, 0) is 50.7 Å². The molecule has 1 aliphatic rings. The van der Waals surface area contributed by atoms with Gasteiger partial charge in [-0.2, -0.15) is 0 Å². The number of guanidine groups is 1. The monoisotopic (exact) mass is 471 g/mol. The number of hydrogen-bond donors (Lipinski definition) is 3. The van der Waals surface area contributed by atoms with E-state index >= 15 is 0 Å². The van der Waals surface area contributed by atoms with E-state index in [0.717, 1.165) is 23.3 Å². The maximum absolute atomic E-state index is 10.2. The quantitative estimate of drug-likeness (QED) is 0.343. The Balaban J connectivity index is 0.00000264. The minimum absolute atomic E-state index is 0. The number of aliphatic hydroxyl groups excluding tert-OH is 1. The number of rotatable bonds is 5. The fourth-order valence-corrected chi connectivity index (χ4v) is 3.73. The maximum Gasteiger partial charge on any atom is 0.191 e. The van der Waals surface area contributed by atoms with Crippen LogP contribution in [0.5, 0.6) is 0 Å². The van der Waals surface area contributed by atoms with Gasteiger partial charge in [0.05, 0.1) is 10.9 Å². The molecule has 1 heterocycles. The van der Waals surface area contributed by atoms with Gasteiger partial charge in [0.25, 0.3) is 0 Å². The van der Waals surface area contributed by atoms with Crippen LogP contribution in [0.3, 0.4) is 0 Å². The second kappa shape index (κ2) is 10.7. The van der Waals surface area contributed by atoms with Crippen LogP contribution in [0.2, 0.25) is 4.34 Å². The van der Waals surface area contributed by atoms with Gasteiger partial charge < -0.3 is 15.7 Å². The summed E-state index contributed by atoms with van der Waals surface area (Å²) in [4.78, 5) is 5.38. The molecule has 1 aromatic rings. The molecule has 1 atom stereocenters. The van der Waals surface area contributed by atoms with Crippen molar-refractivity contribution in [1.29, 1.82) is 0 Å². The first-order valence-electron chi connectivity index (χ1n) is 8.06. The summed E-state index contributed by atoms with van der Waals surface area (Å²) in [6.07, 6.45) is 4.32. The maximum atomic E-state index is 10.2. The van der Waals surface area contributed by atoms with Gasteiger partial charge in [0.2, 0.25) is 0 Å². The van der Waals surface area contributed by atoms with Crippen molar-refractivity contribution >= 4 is 52.9 Å². The Morgan fingerprint density at radius 1 is 1.39 bits per heavy atom. The molecule has 7 heteroatoms. The molecule has 0 aromatic carbocycles. The minimum atomic E-state index is -0.598. The molecule has 0 amide bonds. The summed E-state index contributed by atoms with van der Waals surface area (Å²) in [5, 5.41) is 16.9. The van der Waals surface area contributed by atoms with Gasteiger partial charge in [0.15, 0.2) is 5.96 Å². The zero-order valence-electron chi connectivity index (χ0n) is 13.7. The molecule has 132 valence electrons. The van der Waals surface area contributed by atoms with Gasteiger partial charge in [-0.25, -0.2) is 0 Å². The average Bonchev–Trinajstić information content (AvgIpc) is 2.93. The highest BCUT2D eigenvalue weighted by Gasteiger charge is 2.19. The lowest BCUT2D eigenvalue weighted by atomic mass is 9.87. The number of nitrogens with one attached hydrogen (secondary N) is 2. The van der Waals surface area contributed by atoms with E-state index in [9.17, 15) is 5.11 Å². The largest absolute Gasteiger partial charge is 0.386 e. The van der Waals surface area contributed by atoms with Crippen LogP contribution in [0.15, 0.2) is 17.1 Å². The van der Waals surface area contributed by atoms with Crippen LogP contribution in [-0.4, -0.2) is 30.2 Å². The zero-order chi connectivity index (χ0) is 15.9. The summed E-state index contributed by atoms with van der Waals surface area (Å²) in [6, 6.07) is 4.15. The molecule has 1 fully saturated rings. The van der Waals surface area contributed by atoms with Crippen molar-refractivity contribution in [2.45, 2.75) is 51.7 Å². The summed E-state index contributed by atoms with van der Waals surface area (Å²) in [6.45, 7) is 5.53. The first-order chi connectivity index (χ1) is 10.6. The molecular formula is C16H27ClIN3OS. The van der Waals surface area contributed by atoms with Crippen LogP contribution >= 0.6 is 46.9 Å². The molecular weight excluding hydrogens is 445 g/mol. The van der Waals surface area contributed by atoms with Gasteiger partial charge in [-0.15, -0.1) is 35.3 Å². The molecule has 23 heavy (non-hydrogen) atoms. The Morgan fingerprint density at radius 3 is 2.65 bits per heavy atom. The van der Waals surface area contributed by atoms with Crippen LogP contribution in [-0.2, 0) is 0 Å². The van der Waals surface area contributed by atoms with Crippen LogP contribution in [0.4, 0.5) is 0 Å². The molecule has 1 aromatic heterocycles. The van der Waals surface area contributed by atoms with E-state index in [1.807, 2.05) is 6.07 Å². The van der Waals surface area contributed by atoms with E-state index in [1.54, 1.807) is 6.07 Å². The van der Waals surface area contributed by atoms with E-state index in [4.69, 9.17) is 11.6 Å². The van der Waals surface area contributed by atoms with Crippen LogP contribution < -0.4 is 10.6 Å². The van der Waals surface area contributed by atoms with Crippen molar-refractivity contribution in [3.8, 4) is 0 Å². The molecule has 1 unspecified atom stereocenters. The standard InChI is InChI=1S/C16H26ClN3OS.HI/c1-3-18-16(20-12-6-4-11(2)5-7-12)19-10-13(21)14-8-9-15(17)22-14;/h8-9,11-13,21H,3-7,10H2,1-2H3,(H2,18,19,20);1H. The normalized spacial score (nSPS) is 23.0. The van der Waals surface area contributed by atoms with Gasteiger partial charge in [-0.1, -0.05) is 18.5 Å². The molecule has 0 saturated heterocycles. The molecule has 0 spiro atoms. The molecule has 2 rings (SSSR count). The lowest BCUT2D eigenvalue weighted by Crippen LogP contribution is -2.44. The van der Waals surface area contributed by atoms with Crippen LogP contribution in [0.1, 0.15) is 50.5 Å². The van der Waals surface area contributed by atoms with Gasteiger partial charge in [0.1, 0.15) is 6.10 Å². The smallest absolute Gasteiger partial charge is 0.191 e. The van der Waals surface area contributed by atoms with Crippen molar-refractivity contribution in [1.82, 2.24) is 10.6 Å². The van der Waals surface area contributed by atoms with Crippen molar-refractivity contribution in [2.75, 3.05) is 13.1 Å². The third-order valence-corrected chi connectivity index (χ3v) is 5.38. The lowest BCUT2D eigenvalue weighted by Gasteiger charge is -2.28. The number of hydrogen-bond acceptors (Lipinski definition) is 3. The van der Waals surface area contributed by atoms with Gasteiger partial charge >= 0.3 is 0 Å². The summed E-state index contributed by atoms with van der Waals surface area (Å²) >= 11 is 7.31. The Hall–Kier alpha value is -0.0500. The third kappa shape index (κ3) is 7.15. The molecule has 0 radical (unpaired) electrons. The van der Waals surface area contributed by atoms with Crippen molar-refractivity contribution in [2.24, 2.45) is 10.9 Å². The zero-order valence-corrected chi connectivity index (χ0v) is 17.6. The highest BCUT2D eigenvalue weighted by molar-refractivity contribution is 14.0. The summed E-state index contributed by atoms with van der Waals surface area (Å²) in [5.74, 6) is 1.63. The second-order valence-electron chi connectivity index (χ2n) is 5.98. The minimum Gasteiger partial charge on any atom is -0.386 e. The van der Waals surface area contributed by atoms with E-state index in [-0.39, 0.29) is 24.0 Å². The first kappa shape index (κ1) is 21.0. The molecule has 1 aliphatic carbocycles. The number of halogens is 2. The van der Waals surface area contributed by atoms with Crippen molar-refractivity contribution < 1.29 is 5.11 Å². The Labute approximate surface area is 165 Å². The number of thiophene rings is 1. The first-order valence-corrected chi connectivity index (χ1v) is 9.26. The topological polar surface area (TPSA) is 56.7 Å². The van der Waals surface area contributed by atoms with Crippen LogP contribution in [0, 0.1) is 5.92 Å². The van der Waals surface area contributed by atoms with Crippen LogP contribution in [0.25, 0.3) is 0 Å². The van der Waals surface area contributed by atoms with E-state index in [1.165, 1.54) is 37.0 Å². The second-order valence-corrected chi connectivity index (χ2v) is 7.73. The number of nitrogens with zero attached hydrogens (tertiary/aromatic N) is 1. The predicted octanol–water partition coefficient (Wildman–Crippen LogP) is 4.19. The van der Waals surface area contributed by atoms with E-state index < -0.39 is 6.10 Å². The van der Waals surface area contributed by atoms with E-state index in [2.05, 4.69) is 29.5 Å². The Morgan fingerprint density at radius 2 is 2.09 bits per heavy atom. The van der Waals surface area contributed by atoms with E-state index in [0.29, 0.717) is 16.9 Å². The molecule has 4 nitrogen and oxygen atoms in total. The summed E-state index contributed by atoms with van der Waals surface area (Å²) < 4.78 is 0.694.